The average molecular weight is 261 g/mol. The minimum atomic E-state index is -0.327. The van der Waals surface area contributed by atoms with Crippen LogP contribution in [0, 0.1) is 0 Å². The number of hydrogen-bond donors (Lipinski definition) is 3. The number of anilines is 1. The van der Waals surface area contributed by atoms with Crippen LogP contribution in [0.2, 0.25) is 0 Å². The second-order valence-corrected chi connectivity index (χ2v) is 3.78. The molecule has 0 spiro atoms. The first kappa shape index (κ1) is 12.9. The molecule has 100 valence electrons. The summed E-state index contributed by atoms with van der Waals surface area (Å²) in [4.78, 5) is 15.3. The van der Waals surface area contributed by atoms with Gasteiger partial charge in [-0.05, 0) is 18.1 Å². The molecule has 1 aromatic carbocycles. The summed E-state index contributed by atoms with van der Waals surface area (Å²) in [7, 11) is 1.63. The van der Waals surface area contributed by atoms with Gasteiger partial charge in [-0.3, -0.25) is 5.32 Å². The smallest absolute Gasteiger partial charge is 0.321 e. The second kappa shape index (κ2) is 6.39. The van der Waals surface area contributed by atoms with Crippen LogP contribution >= 0.6 is 0 Å². The molecule has 3 N–H and O–H groups in total. The van der Waals surface area contributed by atoms with Crippen molar-refractivity contribution in [2.45, 2.75) is 6.42 Å². The third-order valence-electron chi connectivity index (χ3n) is 2.52. The van der Waals surface area contributed by atoms with Crippen LogP contribution in [0.1, 0.15) is 5.56 Å². The molecule has 1 heterocycles. The number of ether oxygens (including phenoxy) is 1. The van der Waals surface area contributed by atoms with Gasteiger partial charge in [0.1, 0.15) is 12.1 Å². The maximum absolute atomic E-state index is 11.5. The number of nitrogens with zero attached hydrogens (tertiary/aromatic N) is 2. The SMILES string of the molecule is COc1ccccc1CCNC(=O)Nc1ncn[nH]1. The highest BCUT2D eigenvalue weighted by atomic mass is 16.5. The molecule has 1 aromatic heterocycles. The van der Waals surface area contributed by atoms with Gasteiger partial charge < -0.3 is 10.1 Å². The minimum absolute atomic E-state index is 0.315. The van der Waals surface area contributed by atoms with E-state index in [1.807, 2.05) is 24.3 Å². The van der Waals surface area contributed by atoms with Crippen molar-refractivity contribution in [3.05, 3.63) is 36.2 Å². The normalized spacial score (nSPS) is 9.95. The second-order valence-electron chi connectivity index (χ2n) is 3.78. The maximum atomic E-state index is 11.5. The number of para-hydroxylation sites is 1. The summed E-state index contributed by atoms with van der Waals surface area (Å²) >= 11 is 0. The van der Waals surface area contributed by atoms with Crippen molar-refractivity contribution in [1.29, 1.82) is 0 Å². The summed E-state index contributed by atoms with van der Waals surface area (Å²) in [5, 5.41) is 11.4. The molecule has 2 rings (SSSR count). The molecule has 0 bridgehead atoms. The summed E-state index contributed by atoms with van der Waals surface area (Å²) in [6, 6.07) is 7.38. The zero-order valence-electron chi connectivity index (χ0n) is 10.5. The lowest BCUT2D eigenvalue weighted by molar-refractivity contribution is 0.252. The Labute approximate surface area is 110 Å². The molecule has 0 fully saturated rings. The van der Waals surface area contributed by atoms with Crippen molar-refractivity contribution in [2.75, 3.05) is 19.0 Å². The Bertz CT molecular complexity index is 527. The van der Waals surface area contributed by atoms with Gasteiger partial charge in [0.05, 0.1) is 7.11 Å². The summed E-state index contributed by atoms with van der Waals surface area (Å²) in [5.41, 5.74) is 1.05. The van der Waals surface area contributed by atoms with Gasteiger partial charge in [0.25, 0.3) is 0 Å². The van der Waals surface area contributed by atoms with Crippen LogP contribution < -0.4 is 15.4 Å². The number of rotatable bonds is 5. The molecular formula is C12H15N5O2. The van der Waals surface area contributed by atoms with E-state index >= 15 is 0 Å². The van der Waals surface area contributed by atoms with E-state index in [0.29, 0.717) is 18.9 Å². The fourth-order valence-corrected chi connectivity index (χ4v) is 1.64. The maximum Gasteiger partial charge on any atom is 0.321 e. The van der Waals surface area contributed by atoms with E-state index in [4.69, 9.17) is 4.74 Å². The molecule has 7 nitrogen and oxygen atoms in total. The Morgan fingerprint density at radius 3 is 3.00 bits per heavy atom. The van der Waals surface area contributed by atoms with Gasteiger partial charge in [0.2, 0.25) is 5.95 Å². The van der Waals surface area contributed by atoms with Crippen LogP contribution in [0.15, 0.2) is 30.6 Å². The predicted molar refractivity (Wildman–Crippen MR) is 70.1 cm³/mol. The number of benzene rings is 1. The monoisotopic (exact) mass is 261 g/mol. The Balaban J connectivity index is 1.78. The van der Waals surface area contributed by atoms with Crippen LogP contribution in [-0.4, -0.2) is 34.9 Å². The van der Waals surface area contributed by atoms with Crippen LogP contribution in [0.4, 0.5) is 10.7 Å². The molecule has 0 aliphatic rings. The number of aromatic nitrogens is 3. The number of urea groups is 1. The first-order valence-corrected chi connectivity index (χ1v) is 5.81. The van der Waals surface area contributed by atoms with E-state index in [1.54, 1.807) is 7.11 Å². The Morgan fingerprint density at radius 2 is 2.26 bits per heavy atom. The van der Waals surface area contributed by atoms with Gasteiger partial charge >= 0.3 is 6.03 Å². The fourth-order valence-electron chi connectivity index (χ4n) is 1.64. The summed E-state index contributed by atoms with van der Waals surface area (Å²) in [6.07, 6.45) is 2.01. The van der Waals surface area contributed by atoms with Crippen molar-refractivity contribution in [3.8, 4) is 5.75 Å². The van der Waals surface area contributed by atoms with Crippen LogP contribution in [0.5, 0.6) is 5.75 Å². The van der Waals surface area contributed by atoms with Crippen molar-refractivity contribution >= 4 is 12.0 Å². The van der Waals surface area contributed by atoms with E-state index in [0.717, 1.165) is 11.3 Å². The summed E-state index contributed by atoms with van der Waals surface area (Å²) in [5.74, 6) is 1.13. The van der Waals surface area contributed by atoms with Crippen molar-refractivity contribution in [2.24, 2.45) is 0 Å². The van der Waals surface area contributed by atoms with Gasteiger partial charge in [-0.1, -0.05) is 18.2 Å². The quantitative estimate of drug-likeness (QED) is 0.753. The number of hydrogen-bond acceptors (Lipinski definition) is 4. The highest BCUT2D eigenvalue weighted by Gasteiger charge is 2.05. The van der Waals surface area contributed by atoms with Crippen molar-refractivity contribution in [3.63, 3.8) is 0 Å². The third-order valence-corrected chi connectivity index (χ3v) is 2.52. The van der Waals surface area contributed by atoms with Gasteiger partial charge in [0.15, 0.2) is 0 Å². The third kappa shape index (κ3) is 3.70. The summed E-state index contributed by atoms with van der Waals surface area (Å²) in [6.45, 7) is 0.500. The predicted octanol–water partition coefficient (Wildman–Crippen LogP) is 1.18. The molecule has 0 saturated heterocycles. The van der Waals surface area contributed by atoms with Crippen LogP contribution in [0.3, 0.4) is 0 Å². The van der Waals surface area contributed by atoms with Crippen molar-refractivity contribution in [1.82, 2.24) is 20.5 Å². The highest BCUT2D eigenvalue weighted by Crippen LogP contribution is 2.17. The van der Waals surface area contributed by atoms with Gasteiger partial charge in [-0.15, -0.1) is 0 Å². The standard InChI is InChI=1S/C12H15N5O2/c1-19-10-5-3-2-4-9(10)6-7-13-12(18)16-11-14-8-15-17-11/h2-5,8H,6-7H2,1H3,(H3,13,14,15,16,17,18). The zero-order chi connectivity index (χ0) is 13.5. The lowest BCUT2D eigenvalue weighted by Gasteiger charge is -2.09. The molecule has 0 radical (unpaired) electrons. The number of nitrogens with one attached hydrogen (secondary N) is 3. The molecule has 19 heavy (non-hydrogen) atoms. The van der Waals surface area contributed by atoms with E-state index in [9.17, 15) is 4.79 Å². The largest absolute Gasteiger partial charge is 0.496 e. The number of carbonyl (C=O) groups is 1. The summed E-state index contributed by atoms with van der Waals surface area (Å²) < 4.78 is 5.24. The minimum Gasteiger partial charge on any atom is -0.496 e. The topological polar surface area (TPSA) is 91.9 Å². The fraction of sp³-hybridized carbons (Fsp3) is 0.250. The molecule has 7 heteroatoms. The van der Waals surface area contributed by atoms with Gasteiger partial charge in [-0.2, -0.15) is 10.1 Å². The van der Waals surface area contributed by atoms with Gasteiger partial charge in [0, 0.05) is 6.54 Å². The van der Waals surface area contributed by atoms with Crippen LogP contribution in [0.25, 0.3) is 0 Å². The number of H-pyrrole nitrogens is 1. The van der Waals surface area contributed by atoms with E-state index in [-0.39, 0.29) is 6.03 Å². The van der Waals surface area contributed by atoms with Gasteiger partial charge in [-0.25, -0.2) is 9.89 Å². The highest BCUT2D eigenvalue weighted by molar-refractivity contribution is 5.87. The lowest BCUT2D eigenvalue weighted by Crippen LogP contribution is -2.30. The number of carbonyl (C=O) groups excluding carboxylic acids is 1. The van der Waals surface area contributed by atoms with E-state index in [2.05, 4.69) is 25.8 Å². The average Bonchev–Trinajstić information content (AvgIpc) is 2.92. The molecule has 0 aliphatic carbocycles. The molecular weight excluding hydrogens is 246 g/mol. The Hall–Kier alpha value is -2.57. The molecule has 2 aromatic rings. The Morgan fingerprint density at radius 1 is 1.42 bits per heavy atom. The number of amides is 2. The lowest BCUT2D eigenvalue weighted by atomic mass is 10.1. The molecule has 0 saturated carbocycles. The first-order valence-electron chi connectivity index (χ1n) is 5.81. The number of aromatic amines is 1. The van der Waals surface area contributed by atoms with Crippen LogP contribution in [-0.2, 0) is 6.42 Å². The first-order chi connectivity index (χ1) is 9.29. The zero-order valence-corrected chi connectivity index (χ0v) is 10.5. The van der Waals surface area contributed by atoms with Crippen molar-refractivity contribution < 1.29 is 9.53 Å². The molecule has 0 unspecified atom stereocenters. The number of methoxy groups -OCH3 is 1. The molecule has 0 aliphatic heterocycles. The molecule has 0 atom stereocenters. The van der Waals surface area contributed by atoms with E-state index in [1.165, 1.54) is 6.33 Å². The van der Waals surface area contributed by atoms with E-state index < -0.39 is 0 Å². The molecule has 2 amide bonds. The Kier molecular flexibility index (Phi) is 4.33.